The van der Waals surface area contributed by atoms with Crippen molar-refractivity contribution in [2.45, 2.75) is 6.92 Å². The molecule has 1 amide bonds. The standard InChI is InChI=1S/C14H11ClN2OS2/c1-8-3-4-9-11(7-8)20-14(17(9)2)16-13(18)10-5-6-12(15)19-10/h3-7H,1-2H3. The Morgan fingerprint density at radius 1 is 1.25 bits per heavy atom. The summed E-state index contributed by atoms with van der Waals surface area (Å²) in [6.07, 6.45) is 0. The molecule has 2 heterocycles. The number of carbonyl (C=O) groups excluding carboxylic acids is 1. The monoisotopic (exact) mass is 322 g/mol. The van der Waals surface area contributed by atoms with Crippen molar-refractivity contribution >= 4 is 50.4 Å². The van der Waals surface area contributed by atoms with E-state index in [9.17, 15) is 4.79 Å². The Balaban J connectivity index is 2.12. The van der Waals surface area contributed by atoms with Gasteiger partial charge in [0.2, 0.25) is 0 Å². The predicted octanol–water partition coefficient (Wildman–Crippen LogP) is 4.00. The summed E-state index contributed by atoms with van der Waals surface area (Å²) in [5.74, 6) is -0.249. The Bertz CT molecular complexity index is 873. The number of aryl methyl sites for hydroxylation is 2. The van der Waals surface area contributed by atoms with Gasteiger partial charge in [0.25, 0.3) is 5.91 Å². The highest BCUT2D eigenvalue weighted by molar-refractivity contribution is 7.18. The van der Waals surface area contributed by atoms with Crippen molar-refractivity contribution in [3.8, 4) is 0 Å². The van der Waals surface area contributed by atoms with Crippen molar-refractivity contribution in [2.75, 3.05) is 0 Å². The molecule has 0 unspecified atom stereocenters. The Hall–Kier alpha value is -1.43. The van der Waals surface area contributed by atoms with E-state index in [1.165, 1.54) is 28.2 Å². The first kappa shape index (κ1) is 13.5. The summed E-state index contributed by atoms with van der Waals surface area (Å²) in [6.45, 7) is 2.05. The van der Waals surface area contributed by atoms with E-state index in [1.54, 1.807) is 12.1 Å². The van der Waals surface area contributed by atoms with Crippen LogP contribution in [-0.4, -0.2) is 10.5 Å². The molecular formula is C14H11ClN2OS2. The van der Waals surface area contributed by atoms with Crippen LogP contribution in [0.2, 0.25) is 4.34 Å². The Morgan fingerprint density at radius 3 is 2.75 bits per heavy atom. The van der Waals surface area contributed by atoms with E-state index in [1.807, 2.05) is 17.7 Å². The van der Waals surface area contributed by atoms with Crippen molar-refractivity contribution in [3.63, 3.8) is 0 Å². The molecule has 2 aromatic heterocycles. The lowest BCUT2D eigenvalue weighted by molar-refractivity contribution is 0.100. The van der Waals surface area contributed by atoms with Gasteiger partial charge in [0.05, 0.1) is 19.4 Å². The molecule has 0 saturated heterocycles. The number of nitrogens with zero attached hydrogens (tertiary/aromatic N) is 2. The lowest BCUT2D eigenvalue weighted by Gasteiger charge is -1.95. The predicted molar refractivity (Wildman–Crippen MR) is 84.8 cm³/mol. The molecule has 0 fully saturated rings. The number of thiophene rings is 1. The fraction of sp³-hybridized carbons (Fsp3) is 0.143. The summed E-state index contributed by atoms with van der Waals surface area (Å²) in [7, 11) is 1.92. The van der Waals surface area contributed by atoms with Crippen LogP contribution in [0.5, 0.6) is 0 Å². The molecule has 0 atom stereocenters. The summed E-state index contributed by atoms with van der Waals surface area (Å²) < 4.78 is 3.66. The lowest BCUT2D eigenvalue weighted by atomic mass is 10.2. The highest BCUT2D eigenvalue weighted by Crippen LogP contribution is 2.22. The highest BCUT2D eigenvalue weighted by Gasteiger charge is 2.09. The number of benzene rings is 1. The third-order valence-electron chi connectivity index (χ3n) is 2.95. The zero-order valence-corrected chi connectivity index (χ0v) is 13.3. The molecule has 0 bridgehead atoms. The van der Waals surface area contributed by atoms with Gasteiger partial charge in [0, 0.05) is 7.05 Å². The van der Waals surface area contributed by atoms with Gasteiger partial charge in [-0.15, -0.1) is 11.3 Å². The van der Waals surface area contributed by atoms with Crippen LogP contribution >= 0.6 is 34.3 Å². The average Bonchev–Trinajstić information content (AvgIpc) is 2.95. The largest absolute Gasteiger partial charge is 0.319 e. The maximum absolute atomic E-state index is 12.1. The van der Waals surface area contributed by atoms with Gasteiger partial charge in [-0.3, -0.25) is 4.79 Å². The molecule has 0 radical (unpaired) electrons. The molecule has 20 heavy (non-hydrogen) atoms. The van der Waals surface area contributed by atoms with Gasteiger partial charge in [-0.2, -0.15) is 4.99 Å². The zero-order valence-electron chi connectivity index (χ0n) is 10.9. The van der Waals surface area contributed by atoms with Crippen LogP contribution in [0.25, 0.3) is 10.2 Å². The van der Waals surface area contributed by atoms with E-state index in [0.29, 0.717) is 14.0 Å². The van der Waals surface area contributed by atoms with Crippen molar-refractivity contribution in [1.82, 2.24) is 4.57 Å². The number of carbonyl (C=O) groups is 1. The summed E-state index contributed by atoms with van der Waals surface area (Å²) in [5, 5.41) is 0. The molecule has 0 spiro atoms. The second-order valence-electron chi connectivity index (χ2n) is 4.44. The van der Waals surface area contributed by atoms with Crippen LogP contribution in [-0.2, 0) is 7.05 Å². The fourth-order valence-electron chi connectivity index (χ4n) is 1.92. The summed E-state index contributed by atoms with van der Waals surface area (Å²) in [4.78, 5) is 17.6. The van der Waals surface area contributed by atoms with E-state index in [2.05, 4.69) is 24.0 Å². The van der Waals surface area contributed by atoms with Gasteiger partial charge < -0.3 is 4.57 Å². The van der Waals surface area contributed by atoms with Gasteiger partial charge in [0.15, 0.2) is 4.80 Å². The number of rotatable bonds is 1. The first-order valence-corrected chi connectivity index (χ1v) is 7.96. The Labute approximate surface area is 128 Å². The first-order valence-electron chi connectivity index (χ1n) is 5.95. The molecule has 0 aliphatic rings. The van der Waals surface area contributed by atoms with E-state index >= 15 is 0 Å². The second kappa shape index (κ2) is 5.16. The number of hydrogen-bond acceptors (Lipinski definition) is 3. The average molecular weight is 323 g/mol. The molecule has 0 saturated carbocycles. The minimum absolute atomic E-state index is 0.249. The molecule has 6 heteroatoms. The van der Waals surface area contributed by atoms with Gasteiger partial charge in [-0.1, -0.05) is 29.0 Å². The number of amides is 1. The minimum Gasteiger partial charge on any atom is -0.319 e. The topological polar surface area (TPSA) is 34.4 Å². The molecule has 0 aliphatic carbocycles. The maximum atomic E-state index is 12.1. The van der Waals surface area contributed by atoms with E-state index < -0.39 is 0 Å². The molecule has 0 N–H and O–H groups in total. The Morgan fingerprint density at radius 2 is 2.05 bits per heavy atom. The summed E-state index contributed by atoms with van der Waals surface area (Å²) in [5.41, 5.74) is 2.28. The van der Waals surface area contributed by atoms with E-state index in [-0.39, 0.29) is 5.91 Å². The quantitative estimate of drug-likeness (QED) is 0.666. The van der Waals surface area contributed by atoms with Crippen molar-refractivity contribution in [2.24, 2.45) is 12.0 Å². The molecule has 3 nitrogen and oxygen atoms in total. The second-order valence-corrected chi connectivity index (χ2v) is 7.16. The molecule has 3 rings (SSSR count). The summed E-state index contributed by atoms with van der Waals surface area (Å²) in [6, 6.07) is 9.62. The molecule has 102 valence electrons. The number of aromatic nitrogens is 1. The number of halogens is 1. The number of thiazole rings is 1. The van der Waals surface area contributed by atoms with Crippen LogP contribution in [0.15, 0.2) is 35.3 Å². The van der Waals surface area contributed by atoms with E-state index in [4.69, 9.17) is 11.6 Å². The van der Waals surface area contributed by atoms with Crippen LogP contribution in [0, 0.1) is 6.92 Å². The van der Waals surface area contributed by atoms with Crippen LogP contribution < -0.4 is 4.80 Å². The van der Waals surface area contributed by atoms with Gasteiger partial charge in [0.1, 0.15) is 0 Å². The Kier molecular flexibility index (Phi) is 3.50. The lowest BCUT2D eigenvalue weighted by Crippen LogP contribution is -2.12. The van der Waals surface area contributed by atoms with Crippen molar-refractivity contribution in [3.05, 3.63) is 49.9 Å². The van der Waals surface area contributed by atoms with E-state index in [0.717, 1.165) is 10.2 Å². The molecular weight excluding hydrogens is 312 g/mol. The fourth-order valence-corrected chi connectivity index (χ4v) is 3.96. The SMILES string of the molecule is Cc1ccc2c(c1)sc(=NC(=O)c1ccc(Cl)s1)n2C. The normalized spacial score (nSPS) is 12.2. The molecule has 1 aromatic carbocycles. The van der Waals surface area contributed by atoms with Gasteiger partial charge in [-0.05, 0) is 36.8 Å². The maximum Gasteiger partial charge on any atom is 0.289 e. The van der Waals surface area contributed by atoms with Crippen LogP contribution in [0.4, 0.5) is 0 Å². The van der Waals surface area contributed by atoms with Crippen LogP contribution in [0.1, 0.15) is 15.2 Å². The molecule has 3 aromatic rings. The smallest absolute Gasteiger partial charge is 0.289 e. The number of fused-ring (bicyclic) bond motifs is 1. The number of hydrogen-bond donors (Lipinski definition) is 0. The zero-order chi connectivity index (χ0) is 14.3. The van der Waals surface area contributed by atoms with Crippen LogP contribution in [0.3, 0.4) is 0 Å². The third-order valence-corrected chi connectivity index (χ3v) is 5.26. The summed E-state index contributed by atoms with van der Waals surface area (Å²) >= 11 is 8.61. The van der Waals surface area contributed by atoms with Crippen molar-refractivity contribution < 1.29 is 4.79 Å². The first-order chi connectivity index (χ1) is 9.54. The third kappa shape index (κ3) is 2.44. The van der Waals surface area contributed by atoms with Gasteiger partial charge >= 0.3 is 0 Å². The molecule has 0 aliphatic heterocycles. The van der Waals surface area contributed by atoms with Gasteiger partial charge in [-0.25, -0.2) is 0 Å². The van der Waals surface area contributed by atoms with Crippen molar-refractivity contribution in [1.29, 1.82) is 0 Å². The minimum atomic E-state index is -0.249. The highest BCUT2D eigenvalue weighted by atomic mass is 35.5.